The van der Waals surface area contributed by atoms with Crippen LogP contribution in [0, 0.1) is 5.92 Å². The van der Waals surface area contributed by atoms with Crippen LogP contribution in [-0.2, 0) is 11.3 Å². The van der Waals surface area contributed by atoms with E-state index < -0.39 is 11.5 Å². The number of aliphatic hydroxyl groups is 1. The molecule has 4 N–H and O–H groups in total. The lowest BCUT2D eigenvalue weighted by Gasteiger charge is -2.35. The Morgan fingerprint density at radius 2 is 2.31 bits per heavy atom. The van der Waals surface area contributed by atoms with Gasteiger partial charge >= 0.3 is 0 Å². The number of nitrogens with one attached hydrogen (secondary N) is 1. The largest absolute Gasteiger partial charge is 0.388 e. The van der Waals surface area contributed by atoms with Crippen LogP contribution < -0.4 is 11.1 Å². The van der Waals surface area contributed by atoms with Crippen LogP contribution in [0.3, 0.4) is 0 Å². The molecule has 0 radical (unpaired) electrons. The quantitative estimate of drug-likeness (QED) is 0.737. The second-order valence-corrected chi connectivity index (χ2v) is 7.64. The smallest absolute Gasteiger partial charge is 0.253 e. The summed E-state index contributed by atoms with van der Waals surface area (Å²) in [6, 6.07) is 1.59. The number of pyridine rings is 1. The highest BCUT2D eigenvalue weighted by molar-refractivity contribution is 6.36. The summed E-state index contributed by atoms with van der Waals surface area (Å²) in [5.74, 6) is -0.470. The minimum atomic E-state index is -0.888. The maximum absolute atomic E-state index is 12.7. The zero-order valence-corrected chi connectivity index (χ0v) is 15.4. The van der Waals surface area contributed by atoms with Crippen molar-refractivity contribution in [2.45, 2.75) is 44.8 Å². The molecule has 0 spiro atoms. The van der Waals surface area contributed by atoms with Gasteiger partial charge in [0.15, 0.2) is 0 Å². The molecular weight excluding hydrogens is 356 g/mol. The number of carbonyl (C=O) groups is 2. The maximum atomic E-state index is 12.7. The summed E-state index contributed by atoms with van der Waals surface area (Å²) in [5.41, 5.74) is 5.12. The predicted molar refractivity (Wildman–Crippen MR) is 98.9 cm³/mol. The number of amides is 2. The molecule has 0 aliphatic heterocycles. The molecule has 1 saturated carbocycles. The minimum absolute atomic E-state index is 0.0986. The van der Waals surface area contributed by atoms with E-state index in [9.17, 15) is 14.7 Å². The Hall–Kier alpha value is -2.12. The Bertz CT molecular complexity index is 850. The van der Waals surface area contributed by atoms with Crippen molar-refractivity contribution >= 4 is 34.4 Å². The zero-order chi connectivity index (χ0) is 18.9. The van der Waals surface area contributed by atoms with Gasteiger partial charge in [0.1, 0.15) is 12.2 Å². The topological polar surface area (TPSA) is 110 Å². The number of aromatic nitrogens is 2. The van der Waals surface area contributed by atoms with E-state index in [2.05, 4.69) is 17.2 Å². The molecule has 1 aliphatic carbocycles. The highest BCUT2D eigenvalue weighted by atomic mass is 35.5. The van der Waals surface area contributed by atoms with Gasteiger partial charge in [0.2, 0.25) is 5.91 Å². The first-order chi connectivity index (χ1) is 12.3. The van der Waals surface area contributed by atoms with E-state index in [1.165, 1.54) is 17.0 Å². The normalized spacial score (nSPS) is 23.1. The van der Waals surface area contributed by atoms with Crippen LogP contribution in [0.15, 0.2) is 18.5 Å². The van der Waals surface area contributed by atoms with Gasteiger partial charge in [0.25, 0.3) is 5.91 Å². The van der Waals surface area contributed by atoms with Gasteiger partial charge in [-0.05, 0) is 24.8 Å². The van der Waals surface area contributed by atoms with Crippen LogP contribution >= 0.6 is 11.6 Å². The zero-order valence-electron chi connectivity index (χ0n) is 14.7. The van der Waals surface area contributed by atoms with E-state index in [1.54, 1.807) is 6.07 Å². The van der Waals surface area contributed by atoms with E-state index in [0.29, 0.717) is 40.4 Å². The summed E-state index contributed by atoms with van der Waals surface area (Å²) in [5, 5.41) is 14.4. The fourth-order valence-electron chi connectivity index (χ4n) is 3.77. The molecule has 7 nitrogen and oxygen atoms in total. The van der Waals surface area contributed by atoms with Crippen LogP contribution in [0.2, 0.25) is 5.02 Å². The van der Waals surface area contributed by atoms with Crippen molar-refractivity contribution in [3.05, 3.63) is 29.0 Å². The Labute approximate surface area is 156 Å². The number of fused-ring (bicyclic) bond motifs is 1. The van der Waals surface area contributed by atoms with Crippen LogP contribution in [-0.4, -0.2) is 38.6 Å². The van der Waals surface area contributed by atoms with E-state index in [0.717, 1.165) is 12.8 Å². The molecule has 2 aromatic rings. The fourth-order valence-corrected chi connectivity index (χ4v) is 4.01. The average molecular weight is 379 g/mol. The number of nitrogens with zero attached hydrogens (tertiary/aromatic N) is 2. The third kappa shape index (κ3) is 3.83. The van der Waals surface area contributed by atoms with Gasteiger partial charge in [-0.25, -0.2) is 4.98 Å². The third-order valence-electron chi connectivity index (χ3n) is 4.92. The summed E-state index contributed by atoms with van der Waals surface area (Å²) in [6.45, 7) is 2.18. The number of rotatable bonds is 5. The number of halogens is 1. The highest BCUT2D eigenvalue weighted by Gasteiger charge is 2.33. The predicted octanol–water partition coefficient (Wildman–Crippen LogP) is 1.85. The summed E-state index contributed by atoms with van der Waals surface area (Å²) < 4.78 is 1.51. The number of primary amides is 1. The van der Waals surface area contributed by atoms with Crippen molar-refractivity contribution in [3.8, 4) is 0 Å². The monoisotopic (exact) mass is 378 g/mol. The SMILES string of the molecule is C[C@@H]1CCC[C@](O)(CNC(=O)c2cn(CC(N)=O)c3nccc(Cl)c23)C1. The molecule has 2 aromatic heterocycles. The molecule has 1 fully saturated rings. The lowest BCUT2D eigenvalue weighted by molar-refractivity contribution is -0.118. The van der Waals surface area contributed by atoms with Crippen LogP contribution in [0.5, 0.6) is 0 Å². The van der Waals surface area contributed by atoms with Gasteiger partial charge in [0, 0.05) is 18.9 Å². The van der Waals surface area contributed by atoms with Gasteiger partial charge in [0.05, 0.1) is 21.6 Å². The van der Waals surface area contributed by atoms with E-state index >= 15 is 0 Å². The van der Waals surface area contributed by atoms with Crippen molar-refractivity contribution in [1.82, 2.24) is 14.9 Å². The molecule has 2 atom stereocenters. The van der Waals surface area contributed by atoms with Gasteiger partial charge in [-0.15, -0.1) is 0 Å². The Morgan fingerprint density at radius 1 is 1.54 bits per heavy atom. The Morgan fingerprint density at radius 3 is 3.00 bits per heavy atom. The second-order valence-electron chi connectivity index (χ2n) is 7.24. The molecule has 0 aromatic carbocycles. The summed E-state index contributed by atoms with van der Waals surface area (Å²) >= 11 is 6.25. The summed E-state index contributed by atoms with van der Waals surface area (Å²) in [7, 11) is 0. The first kappa shape index (κ1) is 18.7. The van der Waals surface area contributed by atoms with Crippen molar-refractivity contribution in [2.24, 2.45) is 11.7 Å². The number of hydrogen-bond donors (Lipinski definition) is 3. The second kappa shape index (κ2) is 7.25. The Kier molecular flexibility index (Phi) is 5.20. The van der Waals surface area contributed by atoms with Crippen molar-refractivity contribution in [2.75, 3.05) is 6.54 Å². The number of hydrogen-bond acceptors (Lipinski definition) is 4. The van der Waals surface area contributed by atoms with Crippen LogP contribution in [0.1, 0.15) is 43.0 Å². The Balaban J connectivity index is 1.85. The van der Waals surface area contributed by atoms with Crippen LogP contribution in [0.4, 0.5) is 0 Å². The van der Waals surface area contributed by atoms with E-state index in [1.807, 2.05) is 0 Å². The molecule has 8 heteroatoms. The van der Waals surface area contributed by atoms with Crippen molar-refractivity contribution < 1.29 is 14.7 Å². The number of nitrogens with two attached hydrogens (primary N) is 1. The molecule has 26 heavy (non-hydrogen) atoms. The van der Waals surface area contributed by atoms with Crippen LogP contribution in [0.25, 0.3) is 11.0 Å². The maximum Gasteiger partial charge on any atom is 0.253 e. The lowest BCUT2D eigenvalue weighted by Crippen LogP contribution is -2.45. The molecule has 3 rings (SSSR count). The minimum Gasteiger partial charge on any atom is -0.388 e. The third-order valence-corrected chi connectivity index (χ3v) is 5.24. The van der Waals surface area contributed by atoms with E-state index in [-0.39, 0.29) is 19.0 Å². The van der Waals surface area contributed by atoms with Crippen molar-refractivity contribution in [3.63, 3.8) is 0 Å². The first-order valence-electron chi connectivity index (χ1n) is 8.71. The molecule has 1 aliphatic rings. The summed E-state index contributed by atoms with van der Waals surface area (Å²) in [4.78, 5) is 28.2. The molecule has 0 saturated heterocycles. The molecule has 2 amide bonds. The summed E-state index contributed by atoms with van der Waals surface area (Å²) in [6.07, 6.45) is 6.41. The van der Waals surface area contributed by atoms with Gasteiger partial charge in [-0.3, -0.25) is 9.59 Å². The van der Waals surface area contributed by atoms with Crippen molar-refractivity contribution in [1.29, 1.82) is 0 Å². The highest BCUT2D eigenvalue weighted by Crippen LogP contribution is 2.32. The molecule has 0 bridgehead atoms. The first-order valence-corrected chi connectivity index (χ1v) is 9.09. The van der Waals surface area contributed by atoms with Gasteiger partial charge < -0.3 is 20.7 Å². The van der Waals surface area contributed by atoms with E-state index in [4.69, 9.17) is 17.3 Å². The van der Waals surface area contributed by atoms with Gasteiger partial charge in [-0.2, -0.15) is 0 Å². The molecular formula is C18H23ClN4O3. The molecule has 140 valence electrons. The average Bonchev–Trinajstić information content (AvgIpc) is 2.92. The molecule has 0 unspecified atom stereocenters. The lowest BCUT2D eigenvalue weighted by atomic mass is 9.79. The van der Waals surface area contributed by atoms with Gasteiger partial charge in [-0.1, -0.05) is 31.4 Å². The molecule has 2 heterocycles. The fraction of sp³-hybridized carbons (Fsp3) is 0.500. The standard InChI is InChI=1S/C18H23ClN4O3/c1-11-3-2-5-18(26,7-11)10-22-17(25)12-8-23(9-14(20)24)16-15(12)13(19)4-6-21-16/h4,6,8,11,26H,2-3,5,7,9-10H2,1H3,(H2,20,24)(H,22,25)/t11-,18-/m1/s1. The number of carbonyl (C=O) groups excluding carboxylic acids is 2.